The predicted octanol–water partition coefficient (Wildman–Crippen LogP) is 2.45. The highest BCUT2D eigenvalue weighted by Crippen LogP contribution is 2.23. The van der Waals surface area contributed by atoms with Crippen LogP contribution in [0.5, 0.6) is 0 Å². The molecule has 6 nitrogen and oxygen atoms in total. The van der Waals surface area contributed by atoms with E-state index in [0.29, 0.717) is 18.3 Å². The number of ether oxygens (including phenoxy) is 2. The van der Waals surface area contributed by atoms with E-state index in [2.05, 4.69) is 20.3 Å². The fourth-order valence-corrected chi connectivity index (χ4v) is 3.24. The molecule has 1 unspecified atom stereocenters. The van der Waals surface area contributed by atoms with Crippen molar-refractivity contribution in [2.45, 2.75) is 18.9 Å². The largest absolute Gasteiger partial charge is 0.383 e. The molecule has 0 radical (unpaired) electrons. The molecule has 3 heterocycles. The van der Waals surface area contributed by atoms with Gasteiger partial charge in [0.05, 0.1) is 12.6 Å². The van der Waals surface area contributed by atoms with Gasteiger partial charge in [-0.05, 0) is 24.8 Å². The Morgan fingerprint density at radius 3 is 2.95 bits per heavy atom. The lowest BCUT2D eigenvalue weighted by Crippen LogP contribution is -2.37. The van der Waals surface area contributed by atoms with Crippen molar-refractivity contribution in [3.05, 3.63) is 23.8 Å². The maximum Gasteiger partial charge on any atom is 0.190 e. The van der Waals surface area contributed by atoms with Crippen molar-refractivity contribution in [1.82, 2.24) is 15.0 Å². The van der Waals surface area contributed by atoms with Crippen LogP contribution in [0.2, 0.25) is 0 Å². The van der Waals surface area contributed by atoms with Crippen molar-refractivity contribution in [1.29, 1.82) is 0 Å². The number of aromatic nitrogens is 3. The van der Waals surface area contributed by atoms with E-state index in [0.717, 1.165) is 36.9 Å². The SMILES string of the molecule is COCC(Nc1ccnc(-c2nccs2)n1)C1CCOCC1. The van der Waals surface area contributed by atoms with Gasteiger partial charge in [0.2, 0.25) is 0 Å². The molecule has 118 valence electrons. The molecule has 0 amide bonds. The molecule has 1 saturated heterocycles. The Kier molecular flexibility index (Phi) is 5.31. The van der Waals surface area contributed by atoms with Crippen molar-refractivity contribution in [2.24, 2.45) is 5.92 Å². The Morgan fingerprint density at radius 2 is 2.23 bits per heavy atom. The third-order valence-electron chi connectivity index (χ3n) is 3.79. The third-order valence-corrected chi connectivity index (χ3v) is 4.56. The topological polar surface area (TPSA) is 69.2 Å². The number of methoxy groups -OCH3 is 1. The second-order valence-electron chi connectivity index (χ2n) is 5.26. The minimum atomic E-state index is 0.230. The first-order valence-corrected chi connectivity index (χ1v) is 8.31. The second kappa shape index (κ2) is 7.62. The summed E-state index contributed by atoms with van der Waals surface area (Å²) in [6, 6.07) is 2.12. The van der Waals surface area contributed by atoms with Gasteiger partial charge in [-0.15, -0.1) is 11.3 Å². The normalized spacial score (nSPS) is 17.3. The molecule has 0 aliphatic carbocycles. The molecule has 7 heteroatoms. The number of hydrogen-bond acceptors (Lipinski definition) is 7. The van der Waals surface area contributed by atoms with Gasteiger partial charge in [0.25, 0.3) is 0 Å². The van der Waals surface area contributed by atoms with Crippen LogP contribution >= 0.6 is 11.3 Å². The van der Waals surface area contributed by atoms with Crippen molar-refractivity contribution in [3.8, 4) is 10.8 Å². The van der Waals surface area contributed by atoms with Gasteiger partial charge < -0.3 is 14.8 Å². The summed E-state index contributed by atoms with van der Waals surface area (Å²) in [5, 5.41) is 6.25. The fourth-order valence-electron chi connectivity index (χ4n) is 2.66. The Balaban J connectivity index is 1.73. The molecule has 1 atom stereocenters. The number of rotatable bonds is 6. The average molecular weight is 320 g/mol. The third kappa shape index (κ3) is 3.79. The predicted molar refractivity (Wildman–Crippen MR) is 86.0 cm³/mol. The molecular formula is C15H20N4O2S. The molecule has 1 aliphatic rings. The van der Waals surface area contributed by atoms with Gasteiger partial charge in [-0.2, -0.15) is 0 Å². The van der Waals surface area contributed by atoms with E-state index >= 15 is 0 Å². The summed E-state index contributed by atoms with van der Waals surface area (Å²) in [5.74, 6) is 2.00. The Bertz CT molecular complexity index is 573. The molecule has 2 aromatic rings. The Labute approximate surface area is 133 Å². The Hall–Kier alpha value is -1.57. The van der Waals surface area contributed by atoms with Crippen LogP contribution in [0, 0.1) is 5.92 Å². The van der Waals surface area contributed by atoms with Crippen LogP contribution in [0.4, 0.5) is 5.82 Å². The standard InChI is InChI=1S/C15H20N4O2S/c1-20-10-12(11-3-7-21-8-4-11)18-13-2-5-16-14(19-13)15-17-6-9-22-15/h2,5-6,9,11-12H,3-4,7-8,10H2,1H3,(H,16,18,19). The summed E-state index contributed by atoms with van der Waals surface area (Å²) < 4.78 is 10.8. The monoisotopic (exact) mass is 320 g/mol. The summed E-state index contributed by atoms with van der Waals surface area (Å²) in [5.41, 5.74) is 0. The zero-order valence-corrected chi connectivity index (χ0v) is 13.4. The second-order valence-corrected chi connectivity index (χ2v) is 6.15. The van der Waals surface area contributed by atoms with Crippen LogP contribution in [0.3, 0.4) is 0 Å². The van der Waals surface area contributed by atoms with Crippen molar-refractivity contribution < 1.29 is 9.47 Å². The van der Waals surface area contributed by atoms with E-state index in [1.54, 1.807) is 19.5 Å². The minimum absolute atomic E-state index is 0.230. The first-order chi connectivity index (χ1) is 10.9. The molecule has 0 spiro atoms. The lowest BCUT2D eigenvalue weighted by molar-refractivity contribution is 0.0485. The molecule has 3 rings (SSSR count). The zero-order valence-electron chi connectivity index (χ0n) is 12.6. The molecule has 2 aromatic heterocycles. The Morgan fingerprint density at radius 1 is 1.36 bits per heavy atom. The molecule has 1 fully saturated rings. The maximum absolute atomic E-state index is 5.45. The number of nitrogens with one attached hydrogen (secondary N) is 1. The molecule has 22 heavy (non-hydrogen) atoms. The van der Waals surface area contributed by atoms with Crippen LogP contribution in [-0.4, -0.2) is 47.9 Å². The molecule has 0 bridgehead atoms. The average Bonchev–Trinajstić information content (AvgIpc) is 3.10. The highest BCUT2D eigenvalue weighted by molar-refractivity contribution is 7.12. The van der Waals surface area contributed by atoms with Gasteiger partial charge >= 0.3 is 0 Å². The first-order valence-electron chi connectivity index (χ1n) is 7.43. The lowest BCUT2D eigenvalue weighted by atomic mass is 9.92. The van der Waals surface area contributed by atoms with E-state index < -0.39 is 0 Å². The van der Waals surface area contributed by atoms with Gasteiger partial charge in [0.15, 0.2) is 10.8 Å². The van der Waals surface area contributed by atoms with E-state index in [-0.39, 0.29) is 6.04 Å². The minimum Gasteiger partial charge on any atom is -0.383 e. The van der Waals surface area contributed by atoms with E-state index in [9.17, 15) is 0 Å². The molecule has 1 aliphatic heterocycles. The van der Waals surface area contributed by atoms with Crippen molar-refractivity contribution >= 4 is 17.2 Å². The summed E-state index contributed by atoms with van der Waals surface area (Å²) >= 11 is 1.54. The van der Waals surface area contributed by atoms with E-state index in [1.807, 2.05) is 11.4 Å². The highest BCUT2D eigenvalue weighted by Gasteiger charge is 2.24. The number of nitrogens with zero attached hydrogens (tertiary/aromatic N) is 3. The molecule has 0 aromatic carbocycles. The van der Waals surface area contributed by atoms with Crippen molar-refractivity contribution in [2.75, 3.05) is 32.2 Å². The van der Waals surface area contributed by atoms with Gasteiger partial charge in [-0.1, -0.05) is 0 Å². The molecule has 0 saturated carbocycles. The zero-order chi connectivity index (χ0) is 15.2. The summed E-state index contributed by atoms with van der Waals surface area (Å²) in [7, 11) is 1.73. The number of anilines is 1. The first kappa shape index (κ1) is 15.3. The maximum atomic E-state index is 5.45. The van der Waals surface area contributed by atoms with E-state index in [1.165, 1.54) is 11.3 Å². The van der Waals surface area contributed by atoms with Gasteiger partial charge in [-0.25, -0.2) is 15.0 Å². The van der Waals surface area contributed by atoms with E-state index in [4.69, 9.17) is 9.47 Å². The molecule has 1 N–H and O–H groups in total. The lowest BCUT2D eigenvalue weighted by Gasteiger charge is -2.30. The quantitative estimate of drug-likeness (QED) is 0.882. The van der Waals surface area contributed by atoms with Gasteiger partial charge in [0.1, 0.15) is 5.82 Å². The van der Waals surface area contributed by atoms with Crippen molar-refractivity contribution in [3.63, 3.8) is 0 Å². The van der Waals surface area contributed by atoms with Crippen LogP contribution in [0.1, 0.15) is 12.8 Å². The van der Waals surface area contributed by atoms with Gasteiger partial charge in [0, 0.05) is 38.1 Å². The van der Waals surface area contributed by atoms with Gasteiger partial charge in [-0.3, -0.25) is 0 Å². The smallest absolute Gasteiger partial charge is 0.190 e. The summed E-state index contributed by atoms with van der Waals surface area (Å²) in [6.45, 7) is 2.29. The highest BCUT2D eigenvalue weighted by atomic mass is 32.1. The van der Waals surface area contributed by atoms with Crippen LogP contribution in [0.25, 0.3) is 10.8 Å². The summed E-state index contributed by atoms with van der Waals surface area (Å²) in [4.78, 5) is 13.1. The van der Waals surface area contributed by atoms with Crippen LogP contribution in [0.15, 0.2) is 23.8 Å². The number of hydrogen-bond donors (Lipinski definition) is 1. The summed E-state index contributed by atoms with van der Waals surface area (Å²) in [6.07, 6.45) is 5.62. The molecular weight excluding hydrogens is 300 g/mol. The van der Waals surface area contributed by atoms with Crippen LogP contribution in [-0.2, 0) is 9.47 Å². The van der Waals surface area contributed by atoms with Crippen LogP contribution < -0.4 is 5.32 Å². The number of thiazole rings is 1. The fraction of sp³-hybridized carbons (Fsp3) is 0.533.